The molecule has 4 aromatic rings. The molecule has 2 aromatic carbocycles. The van der Waals surface area contributed by atoms with Gasteiger partial charge in [-0.25, -0.2) is 4.98 Å². The summed E-state index contributed by atoms with van der Waals surface area (Å²) in [6.07, 6.45) is 4.05. The predicted octanol–water partition coefficient (Wildman–Crippen LogP) is 6.17. The molecule has 0 aliphatic heterocycles. The van der Waals surface area contributed by atoms with Gasteiger partial charge in [-0.3, -0.25) is 9.20 Å². The first-order chi connectivity index (χ1) is 16.9. The molecule has 35 heavy (non-hydrogen) atoms. The van der Waals surface area contributed by atoms with E-state index in [1.54, 1.807) is 0 Å². The van der Waals surface area contributed by atoms with E-state index >= 15 is 0 Å². The molecule has 0 atom stereocenters. The number of amides is 1. The fourth-order valence-corrected chi connectivity index (χ4v) is 4.55. The average Bonchev–Trinajstić information content (AvgIpc) is 3.29. The lowest BCUT2D eigenvalue weighted by atomic mass is 9.92. The third kappa shape index (κ3) is 5.46. The lowest BCUT2D eigenvalue weighted by Crippen LogP contribution is -2.35. The van der Waals surface area contributed by atoms with Gasteiger partial charge in [0.25, 0.3) is 5.91 Å². The topological polar surface area (TPSA) is 49.6 Å². The second-order valence-corrected chi connectivity index (χ2v) is 9.40. The quantitative estimate of drug-likeness (QED) is 0.319. The summed E-state index contributed by atoms with van der Waals surface area (Å²) in [5.74, 6) is 1.16. The van der Waals surface area contributed by atoms with E-state index in [-0.39, 0.29) is 11.8 Å². The highest BCUT2D eigenvalue weighted by molar-refractivity contribution is 5.96. The number of fused-ring (bicyclic) bond motifs is 1. The van der Waals surface area contributed by atoms with Crippen LogP contribution in [0, 0.1) is 6.92 Å². The molecule has 0 radical (unpaired) electrons. The SMILES string of the molecule is CCN(CC)CCNC(=O)c1ccc(-c2ccc3cnc(-c4cccc(C)c4)n3c2)cc1C(C)C. The lowest BCUT2D eigenvalue weighted by Gasteiger charge is -2.19. The van der Waals surface area contributed by atoms with Crippen LogP contribution in [0.3, 0.4) is 0 Å². The molecule has 0 aliphatic carbocycles. The highest BCUT2D eigenvalue weighted by Crippen LogP contribution is 2.29. The Labute approximate surface area is 208 Å². The number of aromatic nitrogens is 2. The van der Waals surface area contributed by atoms with Gasteiger partial charge < -0.3 is 10.2 Å². The number of pyridine rings is 1. The van der Waals surface area contributed by atoms with E-state index in [2.05, 4.69) is 109 Å². The van der Waals surface area contributed by atoms with Gasteiger partial charge in [0.1, 0.15) is 5.82 Å². The minimum atomic E-state index is -0.000739. The monoisotopic (exact) mass is 468 g/mol. The number of nitrogens with zero attached hydrogens (tertiary/aromatic N) is 3. The molecular formula is C30H36N4O. The molecule has 2 aromatic heterocycles. The van der Waals surface area contributed by atoms with Crippen LogP contribution in [0.2, 0.25) is 0 Å². The maximum atomic E-state index is 13.0. The summed E-state index contributed by atoms with van der Waals surface area (Å²) in [4.78, 5) is 20.0. The zero-order valence-corrected chi connectivity index (χ0v) is 21.5. The normalized spacial score (nSPS) is 11.5. The van der Waals surface area contributed by atoms with Crippen LogP contribution in [0.5, 0.6) is 0 Å². The van der Waals surface area contributed by atoms with E-state index in [1.807, 2.05) is 12.3 Å². The number of carbonyl (C=O) groups excluding carboxylic acids is 1. The van der Waals surface area contributed by atoms with Crippen molar-refractivity contribution in [2.75, 3.05) is 26.2 Å². The Kier molecular flexibility index (Phi) is 7.67. The van der Waals surface area contributed by atoms with Crippen LogP contribution in [-0.4, -0.2) is 46.4 Å². The van der Waals surface area contributed by atoms with E-state index < -0.39 is 0 Å². The molecule has 4 rings (SSSR count). The van der Waals surface area contributed by atoms with Crippen molar-refractivity contribution in [2.45, 2.75) is 40.5 Å². The van der Waals surface area contributed by atoms with Gasteiger partial charge in [0.2, 0.25) is 0 Å². The maximum Gasteiger partial charge on any atom is 0.251 e. The first-order valence-corrected chi connectivity index (χ1v) is 12.6. The van der Waals surface area contributed by atoms with Crippen molar-refractivity contribution in [3.63, 3.8) is 0 Å². The summed E-state index contributed by atoms with van der Waals surface area (Å²) in [7, 11) is 0. The van der Waals surface area contributed by atoms with E-state index in [4.69, 9.17) is 0 Å². The summed E-state index contributed by atoms with van der Waals surface area (Å²) in [6, 6.07) is 18.8. The van der Waals surface area contributed by atoms with Crippen molar-refractivity contribution in [2.24, 2.45) is 0 Å². The highest BCUT2D eigenvalue weighted by Gasteiger charge is 2.16. The van der Waals surface area contributed by atoms with Gasteiger partial charge in [-0.05, 0) is 60.8 Å². The summed E-state index contributed by atoms with van der Waals surface area (Å²) in [6.45, 7) is 14.2. The third-order valence-electron chi connectivity index (χ3n) is 6.66. The summed E-state index contributed by atoms with van der Waals surface area (Å²) < 4.78 is 2.15. The molecule has 2 heterocycles. The molecule has 0 aliphatic rings. The minimum absolute atomic E-state index is 0.000739. The Morgan fingerprint density at radius 2 is 1.77 bits per heavy atom. The molecule has 0 fully saturated rings. The fourth-order valence-electron chi connectivity index (χ4n) is 4.55. The molecule has 0 bridgehead atoms. The molecule has 5 nitrogen and oxygen atoms in total. The summed E-state index contributed by atoms with van der Waals surface area (Å²) in [5, 5.41) is 3.11. The summed E-state index contributed by atoms with van der Waals surface area (Å²) >= 11 is 0. The molecule has 0 saturated heterocycles. The van der Waals surface area contributed by atoms with Crippen LogP contribution in [0.15, 0.2) is 67.0 Å². The van der Waals surface area contributed by atoms with Crippen molar-refractivity contribution in [3.05, 3.63) is 83.7 Å². The predicted molar refractivity (Wildman–Crippen MR) is 145 cm³/mol. The van der Waals surface area contributed by atoms with E-state index in [1.165, 1.54) is 5.56 Å². The van der Waals surface area contributed by atoms with E-state index in [9.17, 15) is 4.79 Å². The van der Waals surface area contributed by atoms with Crippen LogP contribution in [0.25, 0.3) is 28.0 Å². The molecule has 1 amide bonds. The molecule has 1 N–H and O–H groups in total. The summed E-state index contributed by atoms with van der Waals surface area (Å²) in [5.41, 5.74) is 7.38. The van der Waals surface area contributed by atoms with Crippen molar-refractivity contribution in [1.29, 1.82) is 0 Å². The van der Waals surface area contributed by atoms with Gasteiger partial charge in [-0.1, -0.05) is 69.7 Å². The largest absolute Gasteiger partial charge is 0.351 e. The Bertz CT molecular complexity index is 1320. The first-order valence-electron chi connectivity index (χ1n) is 12.6. The number of hydrogen-bond donors (Lipinski definition) is 1. The zero-order valence-electron chi connectivity index (χ0n) is 21.5. The van der Waals surface area contributed by atoms with Crippen LogP contribution in [-0.2, 0) is 0 Å². The number of benzene rings is 2. The number of carbonyl (C=O) groups is 1. The zero-order chi connectivity index (χ0) is 24.9. The number of imidazole rings is 1. The molecule has 0 spiro atoms. The van der Waals surface area contributed by atoms with Gasteiger partial charge in [0, 0.05) is 30.4 Å². The first kappa shape index (κ1) is 24.7. The second kappa shape index (κ2) is 10.9. The Morgan fingerprint density at radius 3 is 2.49 bits per heavy atom. The van der Waals surface area contributed by atoms with Crippen molar-refractivity contribution in [3.8, 4) is 22.5 Å². The van der Waals surface area contributed by atoms with Crippen LogP contribution in [0.4, 0.5) is 0 Å². The van der Waals surface area contributed by atoms with Crippen molar-refractivity contribution < 1.29 is 4.79 Å². The van der Waals surface area contributed by atoms with Gasteiger partial charge in [-0.15, -0.1) is 0 Å². The molecular weight excluding hydrogens is 432 g/mol. The number of hydrogen-bond acceptors (Lipinski definition) is 3. The van der Waals surface area contributed by atoms with Crippen LogP contribution in [0.1, 0.15) is 55.1 Å². The van der Waals surface area contributed by atoms with Crippen LogP contribution < -0.4 is 5.32 Å². The molecule has 0 saturated carbocycles. The van der Waals surface area contributed by atoms with E-state index in [0.717, 1.165) is 58.8 Å². The number of likely N-dealkylation sites (N-methyl/N-ethyl adjacent to an activating group) is 1. The number of aryl methyl sites for hydroxylation is 1. The second-order valence-electron chi connectivity index (χ2n) is 9.40. The highest BCUT2D eigenvalue weighted by atomic mass is 16.1. The van der Waals surface area contributed by atoms with Crippen molar-refractivity contribution >= 4 is 11.4 Å². The standard InChI is InChI=1S/C30H36N4O/c1-6-33(7-2)16-15-31-30(35)27-14-12-23(18-28(27)21(3)4)25-11-13-26-19-32-29(34(26)20-25)24-10-8-9-22(5)17-24/h8-14,17-21H,6-7,15-16H2,1-5H3,(H,31,35). The Morgan fingerprint density at radius 1 is 1.00 bits per heavy atom. The smallest absolute Gasteiger partial charge is 0.251 e. The third-order valence-corrected chi connectivity index (χ3v) is 6.66. The molecule has 182 valence electrons. The number of nitrogens with one attached hydrogen (secondary N) is 1. The van der Waals surface area contributed by atoms with Gasteiger partial charge in [0.05, 0.1) is 11.7 Å². The van der Waals surface area contributed by atoms with Gasteiger partial charge >= 0.3 is 0 Å². The Balaban J connectivity index is 1.64. The molecule has 0 unspecified atom stereocenters. The number of rotatable bonds is 9. The van der Waals surface area contributed by atoms with Crippen molar-refractivity contribution in [1.82, 2.24) is 19.6 Å². The van der Waals surface area contributed by atoms with Gasteiger partial charge in [0.15, 0.2) is 0 Å². The lowest BCUT2D eigenvalue weighted by molar-refractivity contribution is 0.0947. The van der Waals surface area contributed by atoms with Crippen LogP contribution >= 0.6 is 0 Å². The minimum Gasteiger partial charge on any atom is -0.351 e. The molecule has 5 heteroatoms. The maximum absolute atomic E-state index is 13.0. The Hall–Kier alpha value is -3.44. The average molecular weight is 469 g/mol. The fraction of sp³-hybridized carbons (Fsp3) is 0.333. The van der Waals surface area contributed by atoms with E-state index in [0.29, 0.717) is 6.54 Å². The van der Waals surface area contributed by atoms with Gasteiger partial charge in [-0.2, -0.15) is 0 Å².